The van der Waals surface area contributed by atoms with E-state index in [0.29, 0.717) is 17.1 Å². The molecule has 0 amide bonds. The summed E-state index contributed by atoms with van der Waals surface area (Å²) >= 11 is 0. The number of nitriles is 2. The van der Waals surface area contributed by atoms with E-state index in [1.54, 1.807) is 12.2 Å². The summed E-state index contributed by atoms with van der Waals surface area (Å²) in [6.07, 6.45) is 9.46. The lowest BCUT2D eigenvalue weighted by molar-refractivity contribution is 0.314. The Morgan fingerprint density at radius 1 is 0.903 bits per heavy atom. The summed E-state index contributed by atoms with van der Waals surface area (Å²) in [6, 6.07) is 22.1. The summed E-state index contributed by atoms with van der Waals surface area (Å²) < 4.78 is 5.97. The lowest BCUT2D eigenvalue weighted by atomic mass is 10.0. The molecule has 1 aliphatic rings. The van der Waals surface area contributed by atoms with Crippen LogP contribution in [0.15, 0.2) is 101 Å². The van der Waals surface area contributed by atoms with Crippen molar-refractivity contribution in [1.29, 1.82) is 10.5 Å². The summed E-state index contributed by atoms with van der Waals surface area (Å²) in [5, 5.41) is 18.6. The van der Waals surface area contributed by atoms with Gasteiger partial charge in [-0.2, -0.15) is 10.5 Å². The third-order valence-corrected chi connectivity index (χ3v) is 4.70. The van der Waals surface area contributed by atoms with Crippen LogP contribution in [0.2, 0.25) is 0 Å². The van der Waals surface area contributed by atoms with Crippen molar-refractivity contribution in [3.05, 3.63) is 112 Å². The van der Waals surface area contributed by atoms with E-state index in [-0.39, 0.29) is 5.57 Å². The highest BCUT2D eigenvalue weighted by molar-refractivity contribution is 5.68. The smallest absolute Gasteiger partial charge is 0.137 e. The Kier molecular flexibility index (Phi) is 6.89. The Labute approximate surface area is 183 Å². The van der Waals surface area contributed by atoms with Gasteiger partial charge >= 0.3 is 0 Å². The zero-order chi connectivity index (χ0) is 22.2. The summed E-state index contributed by atoms with van der Waals surface area (Å²) in [5.74, 6) is 1.21. The molecular weight excluding hydrogens is 382 g/mol. The Hall–Kier alpha value is -4.28. The van der Waals surface area contributed by atoms with Gasteiger partial charge in [0.2, 0.25) is 0 Å². The van der Waals surface area contributed by atoms with E-state index in [1.807, 2.05) is 81.7 Å². The zero-order valence-electron chi connectivity index (χ0n) is 17.8. The summed E-state index contributed by atoms with van der Waals surface area (Å²) in [4.78, 5) is 2.06. The average Bonchev–Trinajstić information content (AvgIpc) is 2.78. The van der Waals surface area contributed by atoms with Gasteiger partial charge in [0, 0.05) is 30.9 Å². The molecule has 1 aliphatic heterocycles. The fourth-order valence-corrected chi connectivity index (χ4v) is 3.07. The molecule has 2 aromatic rings. The van der Waals surface area contributed by atoms with E-state index in [9.17, 15) is 10.5 Å². The van der Waals surface area contributed by atoms with E-state index in [0.717, 1.165) is 22.4 Å². The fraction of sp³-hybridized carbons (Fsp3) is 0.111. The van der Waals surface area contributed by atoms with Gasteiger partial charge in [-0.15, -0.1) is 0 Å². The standard InChI is InChI=1S/C27H23N3O/c1-20-15-24(25(18-28)19-29)17-27(31-20)23(16-22-7-5-4-6-8-22)12-9-21-10-13-26(14-11-21)30(2)3/h4-17H,1-3H3. The second-order valence-corrected chi connectivity index (χ2v) is 7.25. The van der Waals surface area contributed by atoms with Crippen molar-refractivity contribution in [1.82, 2.24) is 0 Å². The SMILES string of the molecule is CC1=CC(=C(C#N)C#N)C=C(C(C=Cc2ccc(N(C)C)cc2)=Cc2ccccc2)O1. The van der Waals surface area contributed by atoms with Crippen LogP contribution in [0.4, 0.5) is 5.69 Å². The highest BCUT2D eigenvalue weighted by atomic mass is 16.5. The molecule has 0 bridgehead atoms. The van der Waals surface area contributed by atoms with Crippen LogP contribution >= 0.6 is 0 Å². The van der Waals surface area contributed by atoms with E-state index in [4.69, 9.17) is 4.74 Å². The lowest BCUT2D eigenvalue weighted by Gasteiger charge is -2.17. The average molecular weight is 406 g/mol. The van der Waals surface area contributed by atoms with Crippen LogP contribution in [-0.4, -0.2) is 14.1 Å². The maximum atomic E-state index is 9.28. The first-order valence-corrected chi connectivity index (χ1v) is 9.85. The molecule has 0 N–H and O–H groups in total. The first kappa shape index (κ1) is 21.4. The number of hydrogen-bond acceptors (Lipinski definition) is 4. The Morgan fingerprint density at radius 3 is 2.19 bits per heavy atom. The molecule has 0 spiro atoms. The van der Waals surface area contributed by atoms with Crippen LogP contribution in [0, 0.1) is 22.7 Å². The van der Waals surface area contributed by atoms with Gasteiger partial charge in [0.1, 0.15) is 29.2 Å². The van der Waals surface area contributed by atoms with Crippen LogP contribution in [0.5, 0.6) is 0 Å². The van der Waals surface area contributed by atoms with Gasteiger partial charge in [0.25, 0.3) is 0 Å². The highest BCUT2D eigenvalue weighted by Gasteiger charge is 2.14. The van der Waals surface area contributed by atoms with Crippen LogP contribution in [0.1, 0.15) is 18.1 Å². The van der Waals surface area contributed by atoms with Crippen LogP contribution in [0.3, 0.4) is 0 Å². The van der Waals surface area contributed by atoms with Crippen molar-refractivity contribution < 1.29 is 4.74 Å². The molecule has 0 saturated heterocycles. The minimum Gasteiger partial charge on any atom is -0.461 e. The number of nitrogens with zero attached hydrogens (tertiary/aromatic N) is 3. The van der Waals surface area contributed by atoms with Crippen molar-refractivity contribution in [2.45, 2.75) is 6.92 Å². The lowest BCUT2D eigenvalue weighted by Crippen LogP contribution is -2.07. The third kappa shape index (κ3) is 5.63. The van der Waals surface area contributed by atoms with Gasteiger partial charge in [0.15, 0.2) is 0 Å². The van der Waals surface area contributed by atoms with Gasteiger partial charge in [-0.1, -0.05) is 54.6 Å². The third-order valence-electron chi connectivity index (χ3n) is 4.70. The first-order valence-electron chi connectivity index (χ1n) is 9.85. The van der Waals surface area contributed by atoms with Crippen molar-refractivity contribution in [3.8, 4) is 12.1 Å². The maximum absolute atomic E-state index is 9.28. The normalized spacial score (nSPS) is 13.6. The van der Waals surface area contributed by atoms with Crippen LogP contribution in [-0.2, 0) is 4.74 Å². The molecule has 0 atom stereocenters. The molecule has 4 heteroatoms. The molecule has 31 heavy (non-hydrogen) atoms. The number of allylic oxidation sites excluding steroid dienone is 6. The summed E-state index contributed by atoms with van der Waals surface area (Å²) in [7, 11) is 4.02. The molecule has 2 aromatic carbocycles. The van der Waals surface area contributed by atoms with Gasteiger partial charge in [-0.25, -0.2) is 0 Å². The second kappa shape index (κ2) is 9.96. The minimum absolute atomic E-state index is 0.0578. The van der Waals surface area contributed by atoms with E-state index in [2.05, 4.69) is 29.2 Å². The highest BCUT2D eigenvalue weighted by Crippen LogP contribution is 2.28. The second-order valence-electron chi connectivity index (χ2n) is 7.25. The molecule has 0 aliphatic carbocycles. The topological polar surface area (TPSA) is 60.0 Å². The van der Waals surface area contributed by atoms with Crippen LogP contribution < -0.4 is 4.90 Å². The Balaban J connectivity index is 2.04. The molecule has 0 saturated carbocycles. The molecule has 0 unspecified atom stereocenters. The van der Waals surface area contributed by atoms with Crippen LogP contribution in [0.25, 0.3) is 12.2 Å². The summed E-state index contributed by atoms with van der Waals surface area (Å²) in [6.45, 7) is 1.81. The molecule has 4 nitrogen and oxygen atoms in total. The minimum atomic E-state index is 0.0578. The summed E-state index contributed by atoms with van der Waals surface area (Å²) in [5.41, 5.74) is 4.65. The molecular formula is C27H23N3O. The first-order chi connectivity index (χ1) is 15.0. The van der Waals surface area contributed by atoms with E-state index in [1.165, 1.54) is 0 Å². The molecule has 3 rings (SSSR count). The predicted octanol–water partition coefficient (Wildman–Crippen LogP) is 6.01. The van der Waals surface area contributed by atoms with Crippen molar-refractivity contribution in [2.75, 3.05) is 19.0 Å². The maximum Gasteiger partial charge on any atom is 0.137 e. The number of hydrogen-bond donors (Lipinski definition) is 0. The monoisotopic (exact) mass is 405 g/mol. The molecule has 0 fully saturated rings. The number of rotatable bonds is 5. The fourth-order valence-electron chi connectivity index (χ4n) is 3.07. The van der Waals surface area contributed by atoms with E-state index < -0.39 is 0 Å². The van der Waals surface area contributed by atoms with Gasteiger partial charge in [0.05, 0.1) is 0 Å². The predicted molar refractivity (Wildman–Crippen MR) is 125 cm³/mol. The quantitative estimate of drug-likeness (QED) is 0.451. The van der Waals surface area contributed by atoms with Gasteiger partial charge in [-0.05, 0) is 48.4 Å². The van der Waals surface area contributed by atoms with Crippen molar-refractivity contribution in [3.63, 3.8) is 0 Å². The molecule has 0 aromatic heterocycles. The molecule has 152 valence electrons. The molecule has 0 radical (unpaired) electrons. The zero-order valence-corrected chi connectivity index (χ0v) is 17.8. The Morgan fingerprint density at radius 2 is 1.58 bits per heavy atom. The number of ether oxygens (including phenoxy) is 1. The van der Waals surface area contributed by atoms with Crippen molar-refractivity contribution >= 4 is 17.8 Å². The number of anilines is 1. The molecule has 1 heterocycles. The van der Waals surface area contributed by atoms with Crippen molar-refractivity contribution in [2.24, 2.45) is 0 Å². The number of benzene rings is 2. The van der Waals surface area contributed by atoms with Gasteiger partial charge in [-0.3, -0.25) is 0 Å². The largest absolute Gasteiger partial charge is 0.461 e. The van der Waals surface area contributed by atoms with Gasteiger partial charge < -0.3 is 9.64 Å². The Bertz CT molecular complexity index is 1160. The van der Waals surface area contributed by atoms with E-state index >= 15 is 0 Å².